The van der Waals surface area contributed by atoms with Gasteiger partial charge in [0, 0.05) is 18.5 Å². The molecule has 3 nitrogen and oxygen atoms in total. The summed E-state index contributed by atoms with van der Waals surface area (Å²) < 4.78 is 5.63. The Balaban J connectivity index is 2.09. The molecule has 1 aliphatic rings. The predicted octanol–water partition coefficient (Wildman–Crippen LogP) is 2.98. The van der Waals surface area contributed by atoms with Crippen molar-refractivity contribution in [2.75, 3.05) is 13.1 Å². The van der Waals surface area contributed by atoms with E-state index in [1.54, 1.807) is 0 Å². The first-order valence-electron chi connectivity index (χ1n) is 6.05. The van der Waals surface area contributed by atoms with Crippen LogP contribution < -0.4 is 0 Å². The van der Waals surface area contributed by atoms with Gasteiger partial charge in [0.05, 0.1) is 5.56 Å². The number of para-hydroxylation sites is 1. The first-order valence-corrected chi connectivity index (χ1v) is 6.05. The van der Waals surface area contributed by atoms with E-state index in [0.717, 1.165) is 48.2 Å². The number of hydrogen-bond acceptors (Lipinski definition) is 2. The molecule has 0 aliphatic carbocycles. The van der Waals surface area contributed by atoms with Gasteiger partial charge in [0.1, 0.15) is 11.3 Å². The van der Waals surface area contributed by atoms with E-state index in [1.807, 2.05) is 36.1 Å². The van der Waals surface area contributed by atoms with Gasteiger partial charge >= 0.3 is 0 Å². The van der Waals surface area contributed by atoms with Crippen LogP contribution in [0.2, 0.25) is 0 Å². The van der Waals surface area contributed by atoms with E-state index in [1.165, 1.54) is 0 Å². The molecule has 1 aliphatic heterocycles. The second-order valence-electron chi connectivity index (χ2n) is 4.53. The molecule has 1 fully saturated rings. The molecule has 0 atom stereocenters. The highest BCUT2D eigenvalue weighted by molar-refractivity contribution is 6.07. The number of rotatable bonds is 1. The molecule has 88 valence electrons. The van der Waals surface area contributed by atoms with Gasteiger partial charge in [-0.2, -0.15) is 0 Å². The highest BCUT2D eigenvalue weighted by Crippen LogP contribution is 2.27. The number of carbonyl (C=O) groups excluding carboxylic acids is 1. The molecule has 2 aromatic rings. The monoisotopic (exact) mass is 229 g/mol. The maximum atomic E-state index is 12.4. The van der Waals surface area contributed by atoms with Crippen molar-refractivity contribution >= 4 is 16.9 Å². The zero-order valence-electron chi connectivity index (χ0n) is 9.90. The van der Waals surface area contributed by atoms with Crippen molar-refractivity contribution in [2.24, 2.45) is 0 Å². The standard InChI is InChI=1S/C14H15NO2/c1-10-13(14(16)15-8-4-5-9-15)11-6-2-3-7-12(11)17-10/h2-3,6-7H,4-5,8-9H2,1H3. The van der Waals surface area contributed by atoms with Crippen molar-refractivity contribution in [3.8, 4) is 0 Å². The van der Waals surface area contributed by atoms with Crippen molar-refractivity contribution < 1.29 is 9.21 Å². The Hall–Kier alpha value is -1.77. The van der Waals surface area contributed by atoms with Gasteiger partial charge in [0.2, 0.25) is 0 Å². The van der Waals surface area contributed by atoms with E-state index >= 15 is 0 Å². The number of nitrogens with zero attached hydrogens (tertiary/aromatic N) is 1. The molecule has 0 bridgehead atoms. The Kier molecular flexibility index (Phi) is 2.39. The minimum atomic E-state index is 0.116. The summed E-state index contributed by atoms with van der Waals surface area (Å²) in [5, 5.41) is 0.932. The lowest BCUT2D eigenvalue weighted by Crippen LogP contribution is -2.27. The topological polar surface area (TPSA) is 33.5 Å². The smallest absolute Gasteiger partial charge is 0.258 e. The molecule has 0 radical (unpaired) electrons. The van der Waals surface area contributed by atoms with Gasteiger partial charge in [0.15, 0.2) is 0 Å². The molecular weight excluding hydrogens is 214 g/mol. The van der Waals surface area contributed by atoms with E-state index < -0.39 is 0 Å². The van der Waals surface area contributed by atoms with Gasteiger partial charge in [-0.1, -0.05) is 18.2 Å². The first-order chi connectivity index (χ1) is 8.27. The first kappa shape index (κ1) is 10.4. The van der Waals surface area contributed by atoms with Gasteiger partial charge in [-0.15, -0.1) is 0 Å². The Morgan fingerprint density at radius 3 is 2.71 bits per heavy atom. The summed E-state index contributed by atoms with van der Waals surface area (Å²) in [7, 11) is 0. The van der Waals surface area contributed by atoms with Crippen LogP contribution in [0.4, 0.5) is 0 Å². The van der Waals surface area contributed by atoms with Crippen LogP contribution in [0.1, 0.15) is 29.0 Å². The van der Waals surface area contributed by atoms with Crippen LogP contribution in [0.15, 0.2) is 28.7 Å². The number of likely N-dealkylation sites (tertiary alicyclic amines) is 1. The van der Waals surface area contributed by atoms with Crippen molar-refractivity contribution in [1.29, 1.82) is 0 Å². The summed E-state index contributed by atoms with van der Waals surface area (Å²) in [6.07, 6.45) is 2.22. The highest BCUT2D eigenvalue weighted by atomic mass is 16.3. The normalized spacial score (nSPS) is 15.7. The third-order valence-corrected chi connectivity index (χ3v) is 3.38. The van der Waals surface area contributed by atoms with Gasteiger partial charge in [0.25, 0.3) is 5.91 Å². The van der Waals surface area contributed by atoms with Crippen LogP contribution in [0.5, 0.6) is 0 Å². The summed E-state index contributed by atoms with van der Waals surface area (Å²) in [6, 6.07) is 7.73. The second kappa shape index (κ2) is 3.91. The average molecular weight is 229 g/mol. The summed E-state index contributed by atoms with van der Waals surface area (Å²) in [5.74, 6) is 0.841. The minimum absolute atomic E-state index is 0.116. The van der Waals surface area contributed by atoms with E-state index in [0.29, 0.717) is 0 Å². The average Bonchev–Trinajstić information content (AvgIpc) is 2.94. The number of fused-ring (bicyclic) bond motifs is 1. The van der Waals surface area contributed by atoms with Gasteiger partial charge in [-0.3, -0.25) is 4.79 Å². The maximum Gasteiger partial charge on any atom is 0.258 e. The molecule has 0 unspecified atom stereocenters. The molecule has 1 saturated heterocycles. The SMILES string of the molecule is Cc1oc2ccccc2c1C(=O)N1CCCC1. The molecule has 0 N–H and O–H groups in total. The predicted molar refractivity (Wildman–Crippen MR) is 66.1 cm³/mol. The highest BCUT2D eigenvalue weighted by Gasteiger charge is 2.24. The summed E-state index contributed by atoms with van der Waals surface area (Å²) in [5.41, 5.74) is 1.54. The fourth-order valence-corrected chi connectivity index (χ4v) is 2.51. The lowest BCUT2D eigenvalue weighted by Gasteiger charge is -2.14. The Morgan fingerprint density at radius 1 is 1.24 bits per heavy atom. The quantitative estimate of drug-likeness (QED) is 0.753. The van der Waals surface area contributed by atoms with Crippen LogP contribution in [-0.2, 0) is 0 Å². The van der Waals surface area contributed by atoms with Gasteiger partial charge < -0.3 is 9.32 Å². The largest absolute Gasteiger partial charge is 0.461 e. The van der Waals surface area contributed by atoms with Crippen LogP contribution in [0.3, 0.4) is 0 Å². The van der Waals surface area contributed by atoms with Crippen molar-refractivity contribution in [3.63, 3.8) is 0 Å². The Morgan fingerprint density at radius 2 is 1.94 bits per heavy atom. The van der Waals surface area contributed by atoms with E-state index in [-0.39, 0.29) is 5.91 Å². The molecular formula is C14H15NO2. The molecule has 2 heterocycles. The van der Waals surface area contributed by atoms with Gasteiger partial charge in [-0.25, -0.2) is 0 Å². The molecule has 17 heavy (non-hydrogen) atoms. The van der Waals surface area contributed by atoms with Crippen LogP contribution in [0.25, 0.3) is 11.0 Å². The van der Waals surface area contributed by atoms with Crippen LogP contribution in [0, 0.1) is 6.92 Å². The molecule has 0 saturated carbocycles. The number of carbonyl (C=O) groups is 1. The Labute approximate surface area is 100 Å². The number of aryl methyl sites for hydroxylation is 1. The van der Waals surface area contributed by atoms with Crippen molar-refractivity contribution in [2.45, 2.75) is 19.8 Å². The third-order valence-electron chi connectivity index (χ3n) is 3.38. The lowest BCUT2D eigenvalue weighted by atomic mass is 10.1. The molecule has 1 aromatic carbocycles. The van der Waals surface area contributed by atoms with E-state index in [4.69, 9.17) is 4.42 Å². The number of amides is 1. The second-order valence-corrected chi connectivity index (χ2v) is 4.53. The molecule has 3 rings (SSSR count). The van der Waals surface area contributed by atoms with Crippen molar-refractivity contribution in [3.05, 3.63) is 35.6 Å². The molecule has 1 aromatic heterocycles. The van der Waals surface area contributed by atoms with Crippen LogP contribution >= 0.6 is 0 Å². The Bertz CT molecular complexity index is 565. The van der Waals surface area contributed by atoms with E-state index in [2.05, 4.69) is 0 Å². The lowest BCUT2D eigenvalue weighted by molar-refractivity contribution is 0.0793. The number of hydrogen-bond donors (Lipinski definition) is 0. The molecule has 3 heteroatoms. The third kappa shape index (κ3) is 1.62. The van der Waals surface area contributed by atoms with Crippen LogP contribution in [-0.4, -0.2) is 23.9 Å². The van der Waals surface area contributed by atoms with Crippen molar-refractivity contribution in [1.82, 2.24) is 4.90 Å². The van der Waals surface area contributed by atoms with E-state index in [9.17, 15) is 4.79 Å². The van der Waals surface area contributed by atoms with Gasteiger partial charge in [-0.05, 0) is 25.8 Å². The number of benzene rings is 1. The summed E-state index contributed by atoms with van der Waals surface area (Å²) in [6.45, 7) is 3.61. The zero-order valence-corrected chi connectivity index (χ0v) is 9.90. The summed E-state index contributed by atoms with van der Waals surface area (Å²) in [4.78, 5) is 14.3. The number of furan rings is 1. The maximum absolute atomic E-state index is 12.4. The fourth-order valence-electron chi connectivity index (χ4n) is 2.51. The fraction of sp³-hybridized carbons (Fsp3) is 0.357. The summed E-state index contributed by atoms with van der Waals surface area (Å²) >= 11 is 0. The zero-order chi connectivity index (χ0) is 11.8. The molecule has 0 spiro atoms. The molecule has 1 amide bonds. The minimum Gasteiger partial charge on any atom is -0.461 e.